The minimum atomic E-state index is -3.93. The van der Waals surface area contributed by atoms with E-state index in [-0.39, 0.29) is 36.2 Å². The Labute approximate surface area is 200 Å². The number of carbonyl (C=O) groups excluding carboxylic acids is 2. The van der Waals surface area contributed by atoms with Gasteiger partial charge in [0, 0.05) is 31.1 Å². The first-order valence-electron chi connectivity index (χ1n) is 10.3. The topological polar surface area (TPSA) is 113 Å². The smallest absolute Gasteiger partial charge is 0.259 e. The number of amides is 2. The second-order valence-electron chi connectivity index (χ2n) is 7.51. The molecule has 0 bridgehead atoms. The van der Waals surface area contributed by atoms with E-state index in [0.29, 0.717) is 6.54 Å². The highest BCUT2D eigenvalue weighted by molar-refractivity contribution is 7.91. The number of sulfonamides is 1. The average Bonchev–Trinajstić information content (AvgIpc) is 3.59. The van der Waals surface area contributed by atoms with Gasteiger partial charge in [-0.1, -0.05) is 36.4 Å². The second kappa shape index (κ2) is 10.1. The number of carbonyl (C=O) groups is 2. The number of hydrogen-bond acceptors (Lipinski definition) is 7. The van der Waals surface area contributed by atoms with E-state index in [1.807, 2.05) is 41.8 Å². The van der Waals surface area contributed by atoms with Gasteiger partial charge in [0.15, 0.2) is 6.17 Å². The van der Waals surface area contributed by atoms with Crippen molar-refractivity contribution >= 4 is 44.5 Å². The minimum absolute atomic E-state index is 0.0527. The Balaban J connectivity index is 1.58. The molecule has 1 fully saturated rings. The van der Waals surface area contributed by atoms with Gasteiger partial charge in [-0.25, -0.2) is 8.42 Å². The van der Waals surface area contributed by atoms with Crippen LogP contribution in [0, 0.1) is 0 Å². The molecule has 0 radical (unpaired) electrons. The summed E-state index contributed by atoms with van der Waals surface area (Å²) in [5.41, 5.74) is 7.46. The summed E-state index contributed by atoms with van der Waals surface area (Å²) in [5.74, 6) is -0.822. The van der Waals surface area contributed by atoms with Gasteiger partial charge >= 0.3 is 0 Å². The van der Waals surface area contributed by atoms with Crippen molar-refractivity contribution in [2.24, 2.45) is 5.73 Å². The van der Waals surface area contributed by atoms with E-state index in [4.69, 9.17) is 5.73 Å². The lowest BCUT2D eigenvalue weighted by molar-refractivity contribution is -0.140. The van der Waals surface area contributed by atoms with E-state index in [2.05, 4.69) is 5.32 Å². The van der Waals surface area contributed by atoms with Gasteiger partial charge in [0.2, 0.25) is 5.91 Å². The molecule has 1 saturated heterocycles. The number of nitrogens with two attached hydrogens (primary N) is 1. The molecule has 3 heterocycles. The number of thiophene rings is 2. The Bertz CT molecular complexity index is 1210. The van der Waals surface area contributed by atoms with Gasteiger partial charge in [-0.05, 0) is 34.0 Å². The van der Waals surface area contributed by atoms with E-state index < -0.39 is 22.1 Å². The average molecular weight is 505 g/mol. The van der Waals surface area contributed by atoms with Crippen LogP contribution in [0.25, 0.3) is 0 Å². The zero-order valence-corrected chi connectivity index (χ0v) is 20.2. The van der Waals surface area contributed by atoms with Crippen LogP contribution in [0.2, 0.25) is 0 Å². The van der Waals surface area contributed by atoms with Crippen LogP contribution in [0.1, 0.15) is 16.0 Å². The fourth-order valence-electron chi connectivity index (χ4n) is 3.73. The number of hydrogen-bond donors (Lipinski definition) is 2. The standard InChI is InChI=1S/C22H24N4O4S3/c23-14-16-4-1-5-17(12-16)15-24-21(28)22-25(19(27)13-18-6-2-10-31-18)8-9-26(22)33(29,30)20-7-3-11-32-20/h1-7,10-12,22H,8-9,13-15,23H2,(H,24,28). The van der Waals surface area contributed by atoms with E-state index in [0.717, 1.165) is 31.6 Å². The van der Waals surface area contributed by atoms with Gasteiger partial charge < -0.3 is 16.0 Å². The molecule has 1 aliphatic heterocycles. The Morgan fingerprint density at radius 2 is 1.79 bits per heavy atom. The van der Waals surface area contributed by atoms with Crippen LogP contribution in [0.5, 0.6) is 0 Å². The van der Waals surface area contributed by atoms with Crippen LogP contribution >= 0.6 is 22.7 Å². The summed E-state index contributed by atoms with van der Waals surface area (Å²) >= 11 is 2.53. The summed E-state index contributed by atoms with van der Waals surface area (Å²) in [4.78, 5) is 28.6. The molecule has 0 aliphatic carbocycles. The summed E-state index contributed by atoms with van der Waals surface area (Å²) in [7, 11) is -3.93. The van der Waals surface area contributed by atoms with Crippen molar-refractivity contribution in [2.75, 3.05) is 13.1 Å². The highest BCUT2D eigenvalue weighted by atomic mass is 32.2. The number of benzene rings is 1. The molecule has 174 valence electrons. The van der Waals surface area contributed by atoms with Crippen LogP contribution in [0.15, 0.2) is 63.5 Å². The SMILES string of the molecule is NCc1cccc(CNC(=O)C2N(C(=O)Cc3cccs3)CCN2S(=O)(=O)c2cccs2)c1. The molecule has 2 amide bonds. The molecule has 4 rings (SSSR count). The first kappa shape index (κ1) is 23.6. The van der Waals surface area contributed by atoms with Crippen molar-refractivity contribution in [3.63, 3.8) is 0 Å². The lowest BCUT2D eigenvalue weighted by Crippen LogP contribution is -2.53. The predicted octanol–water partition coefficient (Wildman–Crippen LogP) is 1.99. The van der Waals surface area contributed by atoms with Crippen LogP contribution in [-0.4, -0.2) is 48.7 Å². The van der Waals surface area contributed by atoms with Gasteiger partial charge in [-0.2, -0.15) is 4.31 Å². The maximum absolute atomic E-state index is 13.3. The van der Waals surface area contributed by atoms with E-state index >= 15 is 0 Å². The highest BCUT2D eigenvalue weighted by Gasteiger charge is 2.46. The molecule has 2 aromatic heterocycles. The van der Waals surface area contributed by atoms with Crippen molar-refractivity contribution in [3.8, 4) is 0 Å². The highest BCUT2D eigenvalue weighted by Crippen LogP contribution is 2.28. The van der Waals surface area contributed by atoms with Crippen LogP contribution in [-0.2, 0) is 39.1 Å². The number of nitrogens with zero attached hydrogens (tertiary/aromatic N) is 2. The Morgan fingerprint density at radius 3 is 2.48 bits per heavy atom. The molecule has 1 aromatic carbocycles. The van der Waals surface area contributed by atoms with E-state index in [1.165, 1.54) is 22.3 Å². The van der Waals surface area contributed by atoms with Crippen LogP contribution in [0.4, 0.5) is 0 Å². The maximum atomic E-state index is 13.3. The van der Waals surface area contributed by atoms with Gasteiger partial charge in [0.1, 0.15) is 4.21 Å². The lowest BCUT2D eigenvalue weighted by Gasteiger charge is -2.28. The molecular weight excluding hydrogens is 480 g/mol. The normalized spacial score (nSPS) is 16.8. The third-order valence-corrected chi connectivity index (χ3v) is 9.44. The first-order chi connectivity index (χ1) is 15.9. The van der Waals surface area contributed by atoms with E-state index in [9.17, 15) is 18.0 Å². The molecule has 1 unspecified atom stereocenters. The molecule has 3 N–H and O–H groups in total. The zero-order chi connectivity index (χ0) is 23.4. The number of nitrogens with one attached hydrogen (secondary N) is 1. The van der Waals surface area contributed by atoms with Gasteiger partial charge in [-0.3, -0.25) is 9.59 Å². The van der Waals surface area contributed by atoms with Crippen LogP contribution < -0.4 is 11.1 Å². The quantitative estimate of drug-likeness (QED) is 0.487. The summed E-state index contributed by atoms with van der Waals surface area (Å²) in [6.07, 6.45) is -1.13. The minimum Gasteiger partial charge on any atom is -0.349 e. The Kier molecular flexibility index (Phi) is 7.25. The first-order valence-corrected chi connectivity index (χ1v) is 13.5. The molecule has 0 spiro atoms. The maximum Gasteiger partial charge on any atom is 0.259 e. The fourth-order valence-corrected chi connectivity index (χ4v) is 7.09. The van der Waals surface area contributed by atoms with Gasteiger partial charge in [0.05, 0.1) is 6.42 Å². The summed E-state index contributed by atoms with van der Waals surface area (Å²) < 4.78 is 27.8. The lowest BCUT2D eigenvalue weighted by atomic mass is 10.1. The Morgan fingerprint density at radius 1 is 1.03 bits per heavy atom. The fraction of sp³-hybridized carbons (Fsp3) is 0.273. The van der Waals surface area contributed by atoms with Crippen molar-refractivity contribution in [1.82, 2.24) is 14.5 Å². The van der Waals surface area contributed by atoms with Crippen molar-refractivity contribution < 1.29 is 18.0 Å². The van der Waals surface area contributed by atoms with Crippen LogP contribution in [0.3, 0.4) is 0 Å². The van der Waals surface area contributed by atoms with Crippen molar-refractivity contribution in [3.05, 3.63) is 75.3 Å². The zero-order valence-electron chi connectivity index (χ0n) is 17.7. The van der Waals surface area contributed by atoms with E-state index in [1.54, 1.807) is 11.4 Å². The van der Waals surface area contributed by atoms with Gasteiger partial charge in [0.25, 0.3) is 15.9 Å². The molecule has 1 aliphatic rings. The summed E-state index contributed by atoms with van der Waals surface area (Å²) in [6, 6.07) is 14.3. The largest absolute Gasteiger partial charge is 0.349 e. The molecular formula is C22H24N4O4S3. The predicted molar refractivity (Wildman–Crippen MR) is 128 cm³/mol. The van der Waals surface area contributed by atoms with Crippen molar-refractivity contribution in [1.29, 1.82) is 0 Å². The third-order valence-electron chi connectivity index (χ3n) is 5.34. The van der Waals surface area contributed by atoms with Crippen molar-refractivity contribution in [2.45, 2.75) is 29.9 Å². The Hall–Kier alpha value is -2.57. The molecule has 1 atom stereocenters. The molecule has 0 saturated carbocycles. The number of rotatable bonds is 8. The monoisotopic (exact) mass is 504 g/mol. The third kappa shape index (κ3) is 5.17. The second-order valence-corrected chi connectivity index (χ2v) is 11.6. The molecule has 11 heteroatoms. The summed E-state index contributed by atoms with van der Waals surface area (Å²) in [5, 5.41) is 6.35. The molecule has 33 heavy (non-hydrogen) atoms. The molecule has 8 nitrogen and oxygen atoms in total. The van der Waals surface area contributed by atoms with Gasteiger partial charge in [-0.15, -0.1) is 22.7 Å². The summed E-state index contributed by atoms with van der Waals surface area (Å²) in [6.45, 7) is 0.776. The molecule has 3 aromatic rings.